The summed E-state index contributed by atoms with van der Waals surface area (Å²) in [5.41, 5.74) is 2.33. The SMILES string of the molecule is CN(c1ccncc1)c1cnc2nnn(CC3CCC4N=CC=C[C@@H]4C3)c2n1. The fourth-order valence-corrected chi connectivity index (χ4v) is 4.17. The highest BCUT2D eigenvalue weighted by molar-refractivity contribution is 5.72. The number of nitrogens with zero attached hydrogens (tertiary/aromatic N) is 8. The molecule has 0 amide bonds. The fraction of sp³-hybridized carbons (Fsp3) is 0.400. The van der Waals surface area contributed by atoms with Crippen LogP contribution >= 0.6 is 0 Å². The van der Waals surface area contributed by atoms with Crippen molar-refractivity contribution in [1.82, 2.24) is 29.9 Å². The topological polar surface area (TPSA) is 85.0 Å². The summed E-state index contributed by atoms with van der Waals surface area (Å²) >= 11 is 0. The number of anilines is 2. The molecule has 1 fully saturated rings. The van der Waals surface area contributed by atoms with Crippen LogP contribution in [-0.4, -0.2) is 49.2 Å². The van der Waals surface area contributed by atoms with E-state index in [9.17, 15) is 0 Å². The first-order valence-electron chi connectivity index (χ1n) is 9.68. The van der Waals surface area contributed by atoms with Gasteiger partial charge in [0.2, 0.25) is 5.65 Å². The van der Waals surface area contributed by atoms with E-state index in [1.807, 2.05) is 35.0 Å². The van der Waals surface area contributed by atoms with Gasteiger partial charge >= 0.3 is 0 Å². The van der Waals surface area contributed by atoms with Gasteiger partial charge in [0.05, 0.1) is 12.2 Å². The van der Waals surface area contributed by atoms with Gasteiger partial charge in [-0.05, 0) is 49.3 Å². The summed E-state index contributed by atoms with van der Waals surface area (Å²) in [5.74, 6) is 1.85. The molecule has 0 saturated heterocycles. The molecule has 5 rings (SSSR count). The minimum Gasteiger partial charge on any atom is -0.328 e. The molecule has 0 N–H and O–H groups in total. The van der Waals surface area contributed by atoms with Crippen molar-refractivity contribution >= 4 is 29.0 Å². The average Bonchev–Trinajstić information content (AvgIpc) is 3.16. The van der Waals surface area contributed by atoms with Crippen molar-refractivity contribution in [2.45, 2.75) is 31.8 Å². The highest BCUT2D eigenvalue weighted by Gasteiger charge is 2.30. The number of pyridine rings is 1. The molecule has 0 radical (unpaired) electrons. The standard InChI is InChI=1S/C20H22N8/c1-27(16-6-9-21-10-7-16)18-12-23-19-20(24-18)28(26-25-19)13-14-4-5-17-15(11-14)3-2-8-22-17/h2-3,6-10,12,14-15,17H,4-5,11,13H2,1H3/t14?,15-,17?/m1/s1. The van der Waals surface area contributed by atoms with Crippen molar-refractivity contribution in [2.24, 2.45) is 16.8 Å². The van der Waals surface area contributed by atoms with Crippen LogP contribution in [0.15, 0.2) is 47.9 Å². The first kappa shape index (κ1) is 17.0. The Hall–Kier alpha value is -3.16. The second-order valence-corrected chi connectivity index (χ2v) is 7.50. The number of rotatable bonds is 4. The maximum absolute atomic E-state index is 4.80. The van der Waals surface area contributed by atoms with Crippen molar-refractivity contribution in [3.8, 4) is 0 Å². The summed E-state index contributed by atoms with van der Waals surface area (Å²) in [6.45, 7) is 0.814. The number of hydrogen-bond acceptors (Lipinski definition) is 7. The Morgan fingerprint density at radius 2 is 2.11 bits per heavy atom. The molecule has 4 heterocycles. The molecule has 3 aromatic heterocycles. The Labute approximate surface area is 163 Å². The van der Waals surface area contributed by atoms with Crippen molar-refractivity contribution in [2.75, 3.05) is 11.9 Å². The van der Waals surface area contributed by atoms with Gasteiger partial charge in [-0.15, -0.1) is 5.10 Å². The highest BCUT2D eigenvalue weighted by Crippen LogP contribution is 2.34. The third-order valence-corrected chi connectivity index (χ3v) is 5.73. The Morgan fingerprint density at radius 1 is 1.21 bits per heavy atom. The molecule has 1 aliphatic carbocycles. The van der Waals surface area contributed by atoms with E-state index in [2.05, 4.69) is 37.4 Å². The molecule has 1 saturated carbocycles. The van der Waals surface area contributed by atoms with Crippen molar-refractivity contribution in [1.29, 1.82) is 0 Å². The van der Waals surface area contributed by atoms with Gasteiger partial charge in [0.25, 0.3) is 0 Å². The molecule has 8 heteroatoms. The van der Waals surface area contributed by atoms with E-state index in [1.165, 1.54) is 0 Å². The molecule has 28 heavy (non-hydrogen) atoms. The second-order valence-electron chi connectivity index (χ2n) is 7.50. The highest BCUT2D eigenvalue weighted by atomic mass is 15.5. The van der Waals surface area contributed by atoms with Crippen LogP contribution in [0.4, 0.5) is 11.5 Å². The number of allylic oxidation sites excluding steroid dienone is 1. The summed E-state index contributed by atoms with van der Waals surface area (Å²) in [6, 6.07) is 4.34. The smallest absolute Gasteiger partial charge is 0.221 e. The molecule has 2 unspecified atom stereocenters. The van der Waals surface area contributed by atoms with Crippen LogP contribution in [0.3, 0.4) is 0 Å². The van der Waals surface area contributed by atoms with E-state index in [1.54, 1.807) is 18.6 Å². The Kier molecular flexibility index (Phi) is 4.31. The normalized spacial score (nSPS) is 23.7. The number of aliphatic imine (C=N–C) groups is 1. The van der Waals surface area contributed by atoms with Crippen LogP contribution in [0, 0.1) is 11.8 Å². The number of dihydropyridines is 1. The predicted molar refractivity (Wildman–Crippen MR) is 108 cm³/mol. The van der Waals surface area contributed by atoms with E-state index in [4.69, 9.17) is 4.98 Å². The average molecular weight is 374 g/mol. The van der Waals surface area contributed by atoms with E-state index in [-0.39, 0.29) is 0 Å². The lowest BCUT2D eigenvalue weighted by Crippen LogP contribution is -2.30. The molecular formula is C20H22N8. The molecule has 0 spiro atoms. The van der Waals surface area contributed by atoms with Gasteiger partial charge < -0.3 is 4.90 Å². The number of fused-ring (bicyclic) bond motifs is 2. The molecular weight excluding hydrogens is 352 g/mol. The lowest BCUT2D eigenvalue weighted by molar-refractivity contribution is 0.241. The lowest BCUT2D eigenvalue weighted by Gasteiger charge is -2.33. The summed E-state index contributed by atoms with van der Waals surface area (Å²) in [7, 11) is 1.97. The predicted octanol–water partition coefficient (Wildman–Crippen LogP) is 2.81. The van der Waals surface area contributed by atoms with Gasteiger partial charge in [-0.2, -0.15) is 0 Å². The zero-order valence-corrected chi connectivity index (χ0v) is 15.8. The molecule has 8 nitrogen and oxygen atoms in total. The van der Waals surface area contributed by atoms with Crippen LogP contribution in [0.5, 0.6) is 0 Å². The van der Waals surface area contributed by atoms with Crippen molar-refractivity contribution in [3.05, 3.63) is 42.9 Å². The summed E-state index contributed by atoms with van der Waals surface area (Å²) < 4.78 is 1.91. The summed E-state index contributed by atoms with van der Waals surface area (Å²) in [4.78, 5) is 19.9. The third-order valence-electron chi connectivity index (χ3n) is 5.73. The largest absolute Gasteiger partial charge is 0.328 e. The van der Waals surface area contributed by atoms with E-state index in [0.717, 1.165) is 43.0 Å². The summed E-state index contributed by atoms with van der Waals surface area (Å²) in [5, 5.41) is 8.54. The Morgan fingerprint density at radius 3 is 3.00 bits per heavy atom. The van der Waals surface area contributed by atoms with Crippen molar-refractivity contribution < 1.29 is 0 Å². The summed E-state index contributed by atoms with van der Waals surface area (Å²) in [6.07, 6.45) is 15.0. The zero-order chi connectivity index (χ0) is 18.9. The maximum Gasteiger partial charge on any atom is 0.221 e. The Bertz CT molecular complexity index is 1030. The fourth-order valence-electron chi connectivity index (χ4n) is 4.17. The van der Waals surface area contributed by atoms with Gasteiger partial charge in [0, 0.05) is 37.9 Å². The number of hydrogen-bond donors (Lipinski definition) is 0. The van der Waals surface area contributed by atoms with E-state index in [0.29, 0.717) is 23.5 Å². The lowest BCUT2D eigenvalue weighted by atomic mass is 9.77. The molecule has 1 aliphatic heterocycles. The van der Waals surface area contributed by atoms with Crippen LogP contribution < -0.4 is 4.90 Å². The Balaban J connectivity index is 1.38. The van der Waals surface area contributed by atoms with Crippen LogP contribution in [-0.2, 0) is 6.54 Å². The minimum absolute atomic E-state index is 0.453. The van der Waals surface area contributed by atoms with Crippen LogP contribution in [0.1, 0.15) is 19.3 Å². The molecule has 2 aliphatic rings. The van der Waals surface area contributed by atoms with Crippen LogP contribution in [0.2, 0.25) is 0 Å². The van der Waals surface area contributed by atoms with E-state index >= 15 is 0 Å². The zero-order valence-electron chi connectivity index (χ0n) is 15.8. The molecule has 0 aromatic carbocycles. The van der Waals surface area contributed by atoms with Gasteiger partial charge in [-0.3, -0.25) is 9.98 Å². The van der Waals surface area contributed by atoms with Gasteiger partial charge in [0.1, 0.15) is 0 Å². The first-order chi connectivity index (χ1) is 13.8. The first-order valence-corrected chi connectivity index (χ1v) is 9.68. The molecule has 142 valence electrons. The molecule has 3 atom stereocenters. The quantitative estimate of drug-likeness (QED) is 0.698. The van der Waals surface area contributed by atoms with E-state index < -0.39 is 0 Å². The molecule has 3 aromatic rings. The number of aromatic nitrogens is 6. The minimum atomic E-state index is 0.453. The van der Waals surface area contributed by atoms with Gasteiger partial charge in [-0.25, -0.2) is 14.6 Å². The third kappa shape index (κ3) is 3.15. The molecule has 0 bridgehead atoms. The van der Waals surface area contributed by atoms with Gasteiger partial charge in [-0.1, -0.05) is 11.3 Å². The van der Waals surface area contributed by atoms with Gasteiger partial charge in [0.15, 0.2) is 11.5 Å². The maximum atomic E-state index is 4.80. The van der Waals surface area contributed by atoms with Crippen LogP contribution in [0.25, 0.3) is 11.3 Å². The van der Waals surface area contributed by atoms with Crippen molar-refractivity contribution in [3.63, 3.8) is 0 Å². The second kappa shape index (κ2) is 7.10. The monoisotopic (exact) mass is 374 g/mol.